The Bertz CT molecular complexity index is 4320. The van der Waals surface area contributed by atoms with Crippen molar-refractivity contribution in [1.82, 2.24) is 78.1 Å². The van der Waals surface area contributed by atoms with Crippen LogP contribution in [0, 0.1) is 5.92 Å². The smallest absolute Gasteiger partial charge is 0.357 e. The highest BCUT2D eigenvalue weighted by Gasteiger charge is 2.52. The van der Waals surface area contributed by atoms with Gasteiger partial charge in [0.25, 0.3) is 23.6 Å². The van der Waals surface area contributed by atoms with Gasteiger partial charge in [0, 0.05) is 32.8 Å². The Morgan fingerprint density at radius 3 is 2.12 bits per heavy atom. The number of fused-ring (bicyclic) bond motifs is 7. The number of thiazole rings is 4. The van der Waals surface area contributed by atoms with Crippen molar-refractivity contribution in [2.75, 3.05) is 5.75 Å². The number of ether oxygens (including phenoxy) is 1. The molecular formula is C66H81N17O16S5. The number of cyclic esters (lactones) is 1. The molecule has 0 spiro atoms. The van der Waals surface area contributed by atoms with Crippen molar-refractivity contribution in [3.8, 4) is 0 Å². The van der Waals surface area contributed by atoms with Gasteiger partial charge in [0.1, 0.15) is 107 Å². The third-order valence-electron chi connectivity index (χ3n) is 18.7. The summed E-state index contributed by atoms with van der Waals surface area (Å²) in [5.41, 5.74) is 0.516. The molecule has 9 heterocycles. The number of nitrogens with one attached hydrogen (secondary N) is 10. The van der Waals surface area contributed by atoms with E-state index < -0.39 is 179 Å². The summed E-state index contributed by atoms with van der Waals surface area (Å²) in [7, 11) is 0. The second-order valence-corrected chi connectivity index (χ2v) is 30.7. The van der Waals surface area contributed by atoms with Crippen LogP contribution in [0.4, 0.5) is 0 Å². The summed E-state index contributed by atoms with van der Waals surface area (Å²) in [6.45, 7) is 18.3. The Morgan fingerprint density at radius 1 is 0.769 bits per heavy atom. The molecule has 38 heteroatoms. The maximum Gasteiger partial charge on any atom is 0.357 e. The highest BCUT2D eigenvalue weighted by Crippen LogP contribution is 2.48. The first-order valence-electron chi connectivity index (χ1n) is 33.2. The van der Waals surface area contributed by atoms with Gasteiger partial charge in [-0.15, -0.1) is 57.1 Å². The molecule has 104 heavy (non-hydrogen) atoms. The number of amides is 9. The molecule has 556 valence electrons. The molecular weight excluding hydrogens is 1450 g/mol. The van der Waals surface area contributed by atoms with Crippen LogP contribution >= 0.6 is 57.1 Å². The summed E-state index contributed by atoms with van der Waals surface area (Å²) in [5.74, 6) is -9.44. The number of hydrogen-bond donors (Lipinski definition) is 16. The van der Waals surface area contributed by atoms with Crippen molar-refractivity contribution in [3.05, 3.63) is 123 Å². The number of carbonyl (C=O) groups is 10. The number of aromatic nitrogens is 5. The molecule has 4 aliphatic heterocycles. The zero-order valence-corrected chi connectivity index (χ0v) is 62.0. The number of pyridine rings is 1. The fourth-order valence-electron chi connectivity index (χ4n) is 12.1. The molecule has 3 unspecified atom stereocenters. The Kier molecular flexibility index (Phi) is 24.0. The van der Waals surface area contributed by atoms with Gasteiger partial charge in [-0.1, -0.05) is 45.1 Å². The standard InChI is InChI=1S/C66H81N17O16S5/c1-12-24(3)43-57(95)70-26(5)52(90)68-25(4)51(89)69-27(6)53(91)83-66-17-16-36(60-76-39(20-100-60)50(67)88)73-48(66)38-19-102-61(75-38)45(30(9)99-63(97)37-18-33(28(7)84)32-14-15-35(71-43)47(87)46(32)72-37)81-54(92)40-22-103-62(78-40)49(65(11,98)31(10)86)82-56(94)41-21-101-59(77-41)34(13-2)74-58(96)44(29(8)85)80-55(93)42-23-104-64(66)79-42/h13-15,18-20,22-24,26-31,35-36,41,43-45,47-49,71,73,84-87,98H,4,12,16-17,21H2,1-3,5-11H3,(H2,67,88)(H,68,90)(H,69,89)(H,70,95)(H,74,96)(H,80,93)(H,81,92)(H,82,94)(H,83,91)/b34-13-/t24-,26-,27-,28-,29+,30+,31+,35?,36?,41+,43-,44-,45-,47-,48+,49+,65+,66?/m0/s1. The van der Waals surface area contributed by atoms with E-state index in [-0.39, 0.29) is 84.0 Å². The molecule has 33 nitrogen and oxygen atoms in total. The first-order chi connectivity index (χ1) is 49.1. The van der Waals surface area contributed by atoms with Gasteiger partial charge in [-0.3, -0.25) is 58.8 Å². The third kappa shape index (κ3) is 16.4. The minimum Gasteiger partial charge on any atom is -0.455 e. The maximum atomic E-state index is 15.2. The van der Waals surface area contributed by atoms with Gasteiger partial charge in [-0.2, -0.15) is 0 Å². The predicted molar refractivity (Wildman–Crippen MR) is 383 cm³/mol. The summed E-state index contributed by atoms with van der Waals surface area (Å²) >= 11 is 4.83. The van der Waals surface area contributed by atoms with Gasteiger partial charge in [-0.05, 0) is 85.8 Å². The van der Waals surface area contributed by atoms with E-state index in [0.717, 1.165) is 57.1 Å². The summed E-state index contributed by atoms with van der Waals surface area (Å²) in [5, 5.41) is 92.2. The van der Waals surface area contributed by atoms with Crippen molar-refractivity contribution < 1.29 is 78.2 Å². The van der Waals surface area contributed by atoms with Crippen LogP contribution in [-0.4, -0.2) is 181 Å². The zero-order chi connectivity index (χ0) is 75.7. The molecule has 13 bridgehead atoms. The Labute approximate surface area is 616 Å². The first kappa shape index (κ1) is 77.9. The van der Waals surface area contributed by atoms with E-state index in [9.17, 15) is 63.9 Å². The van der Waals surface area contributed by atoms with E-state index in [2.05, 4.69) is 79.7 Å². The van der Waals surface area contributed by atoms with E-state index in [1.54, 1.807) is 31.4 Å². The van der Waals surface area contributed by atoms with Gasteiger partial charge >= 0.3 is 5.97 Å². The SMILES string of the molecule is C=C1NC(=O)[C@H](C)NC(=O)[C@H]([C@@H](C)CC)NC2C=Cc3c([C@H](C)O)cc(nc3[C@H]2O)C(=O)O[C@H](C)[C@@H]2NC(=O)c3csc(n3)[C@H]([C@](C)(O)[C@@H](C)O)NC(=O)[C@H]3CSC(=N3)/C(=C/C)NC(=O)[C@H]([C@@H](C)O)NC(=O)c3csc(n3)C3(CCC(c4nc(C(N)=O)cs4)N[C@@H]3c3csc2n3)NC(=O)[C@H](C)NC1=O. The van der Waals surface area contributed by atoms with Crippen molar-refractivity contribution in [1.29, 1.82) is 0 Å². The number of aliphatic imine (C=N–C) groups is 1. The molecule has 5 aromatic rings. The van der Waals surface area contributed by atoms with Crippen molar-refractivity contribution in [3.63, 3.8) is 0 Å². The van der Waals surface area contributed by atoms with Gasteiger partial charge in [0.05, 0.1) is 65.3 Å². The molecule has 5 aromatic heterocycles. The number of primary amides is 1. The summed E-state index contributed by atoms with van der Waals surface area (Å²) in [4.78, 5) is 172. The average molecular weight is 1530 g/mol. The number of allylic oxidation sites excluding steroid dienone is 1. The largest absolute Gasteiger partial charge is 0.455 e. The zero-order valence-electron chi connectivity index (χ0n) is 57.9. The van der Waals surface area contributed by atoms with Crippen LogP contribution in [0.15, 0.2) is 62.7 Å². The number of nitrogens with zero attached hydrogens (tertiary/aromatic N) is 6. The normalized spacial score (nSPS) is 29.3. The van der Waals surface area contributed by atoms with Gasteiger partial charge in [0.15, 0.2) is 0 Å². The summed E-state index contributed by atoms with van der Waals surface area (Å²) in [6.07, 6.45) is -2.43. The Morgan fingerprint density at radius 2 is 1.45 bits per heavy atom. The molecule has 0 radical (unpaired) electrons. The lowest BCUT2D eigenvalue weighted by molar-refractivity contribution is -0.131. The number of aliphatic hydroxyl groups is 5. The number of hydrogen-bond acceptors (Lipinski definition) is 29. The molecule has 1 aliphatic carbocycles. The molecule has 10 rings (SSSR count). The monoisotopic (exact) mass is 1530 g/mol. The Hall–Kier alpha value is -8.67. The second-order valence-electron chi connectivity index (χ2n) is 26.2. The van der Waals surface area contributed by atoms with Crippen molar-refractivity contribution >= 4 is 127 Å². The third-order valence-corrected chi connectivity index (χ3v) is 23.6. The van der Waals surface area contributed by atoms with E-state index in [1.807, 2.05) is 6.92 Å². The van der Waals surface area contributed by atoms with Gasteiger partial charge in [-0.25, -0.2) is 29.7 Å². The number of nitrogens with two attached hydrogens (primary N) is 1. The quantitative estimate of drug-likeness (QED) is 0.0770. The number of thioether (sulfide) groups is 1. The molecule has 17 N–H and O–H groups in total. The number of aliphatic hydroxyl groups excluding tert-OH is 4. The van der Waals surface area contributed by atoms with Crippen LogP contribution in [0.25, 0.3) is 6.08 Å². The van der Waals surface area contributed by atoms with E-state index in [4.69, 9.17) is 20.4 Å². The van der Waals surface area contributed by atoms with Crippen LogP contribution < -0.4 is 58.9 Å². The molecule has 18 atom stereocenters. The average Bonchev–Trinajstić information content (AvgIpc) is 1.43. The van der Waals surface area contributed by atoms with Gasteiger partial charge < -0.3 is 78.5 Å². The molecule has 0 aromatic carbocycles. The number of carbonyl (C=O) groups excluding carboxylic acids is 10. The van der Waals surface area contributed by atoms with Gasteiger partial charge in [0.2, 0.25) is 29.5 Å². The lowest BCUT2D eigenvalue weighted by atomic mass is 9.78. The first-order valence-corrected chi connectivity index (χ1v) is 37.7. The van der Waals surface area contributed by atoms with Crippen LogP contribution in [0.5, 0.6) is 0 Å². The van der Waals surface area contributed by atoms with E-state index >= 15 is 9.59 Å². The second kappa shape index (κ2) is 32.0. The molecule has 5 aliphatic rings. The number of rotatable bonds is 8. The van der Waals surface area contributed by atoms with Crippen LogP contribution in [0.1, 0.15) is 209 Å². The summed E-state index contributed by atoms with van der Waals surface area (Å²) < 4.78 is 6.26. The van der Waals surface area contributed by atoms with Crippen molar-refractivity contribution in [2.45, 2.75) is 191 Å². The molecule has 1 fully saturated rings. The topological polar surface area (TPSA) is 504 Å². The molecule has 9 amide bonds. The number of esters is 1. The highest BCUT2D eigenvalue weighted by molar-refractivity contribution is 8.14. The highest BCUT2D eigenvalue weighted by atomic mass is 32.2. The van der Waals surface area contributed by atoms with Crippen LogP contribution in [-0.2, 0) is 39.0 Å². The van der Waals surface area contributed by atoms with Crippen molar-refractivity contribution in [2.24, 2.45) is 16.6 Å². The predicted octanol–water partition coefficient (Wildman–Crippen LogP) is 1.36. The fraction of sp³-hybridized carbons (Fsp3) is 0.485. The van der Waals surface area contributed by atoms with E-state index in [1.165, 1.54) is 76.7 Å². The van der Waals surface area contributed by atoms with Crippen LogP contribution in [0.3, 0.4) is 0 Å². The lowest BCUT2D eigenvalue weighted by Gasteiger charge is -2.46. The van der Waals surface area contributed by atoms with Crippen LogP contribution in [0.2, 0.25) is 0 Å². The number of piperidine rings is 1. The summed E-state index contributed by atoms with van der Waals surface area (Å²) in [6, 6.07) is -11.6. The fourth-order valence-corrected chi connectivity index (χ4v) is 17.0. The maximum absolute atomic E-state index is 15.2. The van der Waals surface area contributed by atoms with E-state index in [0.29, 0.717) is 11.4 Å². The lowest BCUT2D eigenvalue weighted by Crippen LogP contribution is -2.61. The minimum absolute atomic E-state index is 0.0128. The molecule has 1 saturated heterocycles. The minimum atomic E-state index is -2.17. The Balaban J connectivity index is 1.16. The molecule has 0 saturated carbocycles.